The fourth-order valence-electron chi connectivity index (χ4n) is 4.79. The second kappa shape index (κ2) is 7.53. The molecule has 0 atom stereocenters. The number of anilines is 1. The van der Waals surface area contributed by atoms with Gasteiger partial charge in [0.2, 0.25) is 8.24 Å². The number of para-hydroxylation sites is 1. The van der Waals surface area contributed by atoms with Gasteiger partial charge in [-0.2, -0.15) is 0 Å². The van der Waals surface area contributed by atoms with Gasteiger partial charge in [-0.25, -0.2) is 0 Å². The summed E-state index contributed by atoms with van der Waals surface area (Å²) in [5.41, 5.74) is 1.19. The molecule has 146 valence electrons. The molecule has 3 aromatic rings. The van der Waals surface area contributed by atoms with Crippen molar-refractivity contribution in [2.45, 2.75) is 25.8 Å². The molecule has 0 unspecified atom stereocenters. The topological polar surface area (TPSA) is 12.0 Å². The van der Waals surface area contributed by atoms with E-state index in [1.165, 1.54) is 16.1 Å². The molecule has 0 saturated heterocycles. The van der Waals surface area contributed by atoms with E-state index in [9.17, 15) is 0 Å². The Bertz CT molecular complexity index is 947. The summed E-state index contributed by atoms with van der Waals surface area (Å²) in [6, 6.07) is 32.8. The van der Waals surface area contributed by atoms with Gasteiger partial charge in [-0.1, -0.05) is 124 Å². The highest BCUT2D eigenvalue weighted by Gasteiger charge is 2.60. The van der Waals surface area contributed by atoms with E-state index in [4.69, 9.17) is 0 Å². The minimum Gasteiger partial charge on any atom is -0.403 e. The van der Waals surface area contributed by atoms with Crippen molar-refractivity contribution < 1.29 is 0 Å². The number of allylic oxidation sites excluding steroid dienone is 4. The third kappa shape index (κ3) is 3.18. The van der Waals surface area contributed by atoms with Crippen LogP contribution in [0.25, 0.3) is 0 Å². The average molecular weight is 396 g/mol. The summed E-state index contributed by atoms with van der Waals surface area (Å²) in [6.07, 6.45) is 9.33. The Kier molecular flexibility index (Phi) is 5.06. The first-order chi connectivity index (χ1) is 14.0. The zero-order valence-corrected chi connectivity index (χ0v) is 18.5. The lowest BCUT2D eigenvalue weighted by atomic mass is 9.80. The number of hydrogen-bond donors (Lipinski definition) is 1. The van der Waals surface area contributed by atoms with Crippen molar-refractivity contribution in [2.75, 3.05) is 4.98 Å². The standard InChI is InChI=1S/C27H29NSi/c1-26(2,3)27(21-13-14-22-27)29(24-17-9-5-10-18-24,25-19-11-6-12-20-25)28-23-15-7-4-8-16-23/h4-22,28H,1-3H3. The Morgan fingerprint density at radius 3 is 1.45 bits per heavy atom. The van der Waals surface area contributed by atoms with E-state index in [0.717, 1.165) is 0 Å². The van der Waals surface area contributed by atoms with Gasteiger partial charge in [0, 0.05) is 10.7 Å². The van der Waals surface area contributed by atoms with Crippen LogP contribution >= 0.6 is 0 Å². The molecule has 0 heterocycles. The van der Waals surface area contributed by atoms with Gasteiger partial charge in [-0.15, -0.1) is 0 Å². The Balaban J connectivity index is 2.09. The summed E-state index contributed by atoms with van der Waals surface area (Å²) < 4.78 is 0. The van der Waals surface area contributed by atoms with Gasteiger partial charge in [0.05, 0.1) is 0 Å². The quantitative estimate of drug-likeness (QED) is 0.541. The maximum absolute atomic E-state index is 4.15. The smallest absolute Gasteiger partial charge is 0.232 e. The molecule has 0 aromatic heterocycles. The zero-order chi connectivity index (χ0) is 20.4. The molecule has 0 fully saturated rings. The van der Waals surface area contributed by atoms with Gasteiger partial charge in [-0.05, 0) is 27.9 Å². The third-order valence-electron chi connectivity index (χ3n) is 6.21. The Labute approximate surface area is 175 Å². The Morgan fingerprint density at radius 1 is 0.621 bits per heavy atom. The molecular formula is C27H29NSi. The molecule has 2 heteroatoms. The number of benzene rings is 3. The van der Waals surface area contributed by atoms with Gasteiger partial charge in [0.15, 0.2) is 0 Å². The molecule has 0 aliphatic heterocycles. The van der Waals surface area contributed by atoms with Crippen molar-refractivity contribution >= 4 is 24.3 Å². The van der Waals surface area contributed by atoms with Crippen LogP contribution in [0.4, 0.5) is 5.69 Å². The van der Waals surface area contributed by atoms with Crippen LogP contribution in [0.15, 0.2) is 115 Å². The van der Waals surface area contributed by atoms with Crippen LogP contribution in [0.3, 0.4) is 0 Å². The predicted octanol–water partition coefficient (Wildman–Crippen LogP) is 5.77. The molecule has 1 N–H and O–H groups in total. The lowest BCUT2D eigenvalue weighted by molar-refractivity contribution is 0.353. The summed E-state index contributed by atoms with van der Waals surface area (Å²) in [7, 11) is -2.56. The molecule has 4 rings (SSSR count). The first-order valence-electron chi connectivity index (χ1n) is 10.3. The first kappa shape index (κ1) is 19.5. The third-order valence-corrected chi connectivity index (χ3v) is 11.6. The van der Waals surface area contributed by atoms with Crippen LogP contribution in [0.1, 0.15) is 20.8 Å². The first-order valence-corrected chi connectivity index (χ1v) is 12.3. The van der Waals surface area contributed by atoms with E-state index in [1.54, 1.807) is 0 Å². The fraction of sp³-hybridized carbons (Fsp3) is 0.185. The molecule has 1 nitrogen and oxygen atoms in total. The van der Waals surface area contributed by atoms with Crippen LogP contribution in [-0.4, -0.2) is 8.24 Å². The molecule has 1 aliphatic rings. The summed E-state index contributed by atoms with van der Waals surface area (Å²) in [5, 5.41) is 2.65. The van der Waals surface area contributed by atoms with Crippen molar-refractivity contribution in [1.82, 2.24) is 0 Å². The van der Waals surface area contributed by atoms with E-state index < -0.39 is 8.24 Å². The highest BCUT2D eigenvalue weighted by Crippen LogP contribution is 2.56. The van der Waals surface area contributed by atoms with Gasteiger partial charge in [0.1, 0.15) is 0 Å². The van der Waals surface area contributed by atoms with E-state index in [1.807, 2.05) is 0 Å². The Hall–Kier alpha value is -2.84. The van der Waals surface area contributed by atoms with Crippen LogP contribution in [0.5, 0.6) is 0 Å². The molecule has 0 amide bonds. The predicted molar refractivity (Wildman–Crippen MR) is 128 cm³/mol. The summed E-state index contributed by atoms with van der Waals surface area (Å²) in [6.45, 7) is 7.11. The minimum absolute atomic E-state index is 0.0240. The van der Waals surface area contributed by atoms with E-state index in [2.05, 4.69) is 141 Å². The highest BCUT2D eigenvalue weighted by atomic mass is 28.3. The molecule has 0 radical (unpaired) electrons. The fourth-order valence-corrected chi connectivity index (χ4v) is 10.4. The summed E-state index contributed by atoms with van der Waals surface area (Å²) >= 11 is 0. The Morgan fingerprint density at radius 2 is 1.03 bits per heavy atom. The maximum Gasteiger partial charge on any atom is 0.232 e. The normalized spacial score (nSPS) is 15.4. The lowest BCUT2D eigenvalue weighted by Crippen LogP contribution is -2.73. The van der Waals surface area contributed by atoms with E-state index in [0.29, 0.717) is 0 Å². The molecule has 0 bridgehead atoms. The van der Waals surface area contributed by atoms with Crippen molar-refractivity contribution in [1.29, 1.82) is 0 Å². The molecular weight excluding hydrogens is 366 g/mol. The van der Waals surface area contributed by atoms with Gasteiger partial charge < -0.3 is 4.98 Å². The highest BCUT2D eigenvalue weighted by molar-refractivity contribution is 7.07. The minimum atomic E-state index is -2.56. The average Bonchev–Trinajstić information content (AvgIpc) is 3.26. The van der Waals surface area contributed by atoms with Crippen LogP contribution in [-0.2, 0) is 0 Å². The lowest BCUT2D eigenvalue weighted by Gasteiger charge is -2.53. The van der Waals surface area contributed by atoms with Gasteiger partial charge in [0.25, 0.3) is 0 Å². The molecule has 29 heavy (non-hydrogen) atoms. The zero-order valence-electron chi connectivity index (χ0n) is 17.5. The monoisotopic (exact) mass is 395 g/mol. The number of rotatable bonds is 5. The largest absolute Gasteiger partial charge is 0.403 e. The summed E-state index contributed by atoms with van der Waals surface area (Å²) in [5.74, 6) is 0. The van der Waals surface area contributed by atoms with Gasteiger partial charge >= 0.3 is 0 Å². The van der Waals surface area contributed by atoms with Crippen molar-refractivity contribution in [3.8, 4) is 0 Å². The van der Waals surface area contributed by atoms with Crippen molar-refractivity contribution in [3.63, 3.8) is 0 Å². The van der Waals surface area contributed by atoms with Crippen molar-refractivity contribution in [3.05, 3.63) is 115 Å². The molecule has 1 aliphatic carbocycles. The second-order valence-electron chi connectivity index (χ2n) is 8.81. The SMILES string of the molecule is CC(C)(C)C1([Si](Nc2ccccc2)(c2ccccc2)c2ccccc2)C=CC=C1. The molecule has 0 saturated carbocycles. The van der Waals surface area contributed by atoms with Crippen LogP contribution < -0.4 is 15.4 Å². The summed E-state index contributed by atoms with van der Waals surface area (Å²) in [4.78, 5) is 4.15. The number of nitrogens with one attached hydrogen (secondary N) is 1. The molecule has 0 spiro atoms. The van der Waals surface area contributed by atoms with E-state index in [-0.39, 0.29) is 10.5 Å². The molecule has 3 aromatic carbocycles. The van der Waals surface area contributed by atoms with Crippen LogP contribution in [0.2, 0.25) is 5.04 Å². The van der Waals surface area contributed by atoms with Crippen LogP contribution in [0, 0.1) is 5.41 Å². The maximum atomic E-state index is 4.15. The van der Waals surface area contributed by atoms with E-state index >= 15 is 0 Å². The number of hydrogen-bond acceptors (Lipinski definition) is 1. The van der Waals surface area contributed by atoms with Crippen molar-refractivity contribution in [2.24, 2.45) is 5.41 Å². The van der Waals surface area contributed by atoms with Gasteiger partial charge in [-0.3, -0.25) is 0 Å². The second-order valence-corrected chi connectivity index (χ2v) is 12.5.